The molecule has 0 N–H and O–H groups in total. The lowest BCUT2D eigenvalue weighted by Crippen LogP contribution is -2.50. The molecule has 226 valence electrons. The number of carbonyl (C=O) groups is 1. The van der Waals surface area contributed by atoms with Gasteiger partial charge in [-0.3, -0.25) is 14.7 Å². The summed E-state index contributed by atoms with van der Waals surface area (Å²) in [6, 6.07) is 17.8. The molecule has 1 unspecified atom stereocenters. The van der Waals surface area contributed by atoms with Gasteiger partial charge in [-0.15, -0.1) is 10.2 Å². The highest BCUT2D eigenvalue weighted by molar-refractivity contribution is 5.93. The standard InChI is InChI=1S/C30H28F2N8O4/c31-30(32)40-36-27(35-37-40)26(19-4-2-1-3-5-19)38-11-13-39(14-12-38)29(41)24-16-20(8-10-33-24)28-34-23-7-6-21(17-25(23)44-28)43-22-9-15-42-18-22/h1-8,10,16-17,22,26,30H,9,11-15,18H2/t22-,26?/m0/s1. The first-order valence-electron chi connectivity index (χ1n) is 14.3. The molecular formula is C30H28F2N8O4. The zero-order chi connectivity index (χ0) is 30.0. The van der Waals surface area contributed by atoms with Crippen LogP contribution in [0.15, 0.2) is 71.3 Å². The summed E-state index contributed by atoms with van der Waals surface area (Å²) in [7, 11) is 0. The van der Waals surface area contributed by atoms with Crippen molar-refractivity contribution in [3.63, 3.8) is 0 Å². The molecule has 3 aromatic heterocycles. The van der Waals surface area contributed by atoms with E-state index in [-0.39, 0.29) is 23.5 Å². The number of hydrogen-bond acceptors (Lipinski definition) is 10. The molecular weight excluding hydrogens is 574 g/mol. The normalized spacial score (nSPS) is 18.2. The van der Waals surface area contributed by atoms with Gasteiger partial charge in [0.1, 0.15) is 23.1 Å². The first-order chi connectivity index (χ1) is 21.5. The molecule has 12 nitrogen and oxygen atoms in total. The minimum absolute atomic E-state index is 0.0209. The summed E-state index contributed by atoms with van der Waals surface area (Å²) in [6.07, 6.45) is 2.43. The third-order valence-electron chi connectivity index (χ3n) is 7.72. The number of ether oxygens (including phenoxy) is 2. The third kappa shape index (κ3) is 5.73. The molecule has 2 aliphatic heterocycles. The van der Waals surface area contributed by atoms with Gasteiger partial charge in [-0.05, 0) is 35.0 Å². The number of halogens is 2. The van der Waals surface area contributed by atoms with Gasteiger partial charge >= 0.3 is 6.55 Å². The number of oxazole rings is 1. The van der Waals surface area contributed by atoms with Crippen LogP contribution >= 0.6 is 0 Å². The Labute approximate surface area is 250 Å². The molecule has 2 saturated heterocycles. The number of piperazine rings is 1. The number of hydrogen-bond donors (Lipinski definition) is 0. The van der Waals surface area contributed by atoms with Crippen LogP contribution in [0.25, 0.3) is 22.6 Å². The van der Waals surface area contributed by atoms with Gasteiger partial charge in [0, 0.05) is 50.4 Å². The SMILES string of the molecule is O=C(c1cc(-c2nc3ccc(O[C@H]4CCOC4)cc3o2)ccn1)N1CCN(C(c2ccccc2)c2nnn(C(F)F)n2)CC1. The van der Waals surface area contributed by atoms with E-state index in [1.54, 1.807) is 23.2 Å². The number of aromatic nitrogens is 6. The lowest BCUT2D eigenvalue weighted by atomic mass is 10.0. The van der Waals surface area contributed by atoms with Crippen LogP contribution in [-0.2, 0) is 4.74 Å². The number of carbonyl (C=O) groups excluding carboxylic acids is 1. The van der Waals surface area contributed by atoms with Gasteiger partial charge in [-0.25, -0.2) is 4.98 Å². The molecule has 0 aliphatic carbocycles. The minimum Gasteiger partial charge on any atom is -0.488 e. The van der Waals surface area contributed by atoms with E-state index in [0.29, 0.717) is 72.5 Å². The van der Waals surface area contributed by atoms with Crippen molar-refractivity contribution in [2.75, 3.05) is 39.4 Å². The number of rotatable bonds is 8. The summed E-state index contributed by atoms with van der Waals surface area (Å²) in [5.41, 5.74) is 2.99. The Bertz CT molecular complexity index is 1750. The third-order valence-corrected chi connectivity index (χ3v) is 7.72. The molecule has 2 aliphatic rings. The summed E-state index contributed by atoms with van der Waals surface area (Å²) in [4.78, 5) is 26.5. The van der Waals surface area contributed by atoms with Crippen molar-refractivity contribution in [3.8, 4) is 17.2 Å². The van der Waals surface area contributed by atoms with Gasteiger partial charge < -0.3 is 18.8 Å². The van der Waals surface area contributed by atoms with Crippen molar-refractivity contribution in [3.05, 3.63) is 83.9 Å². The van der Waals surface area contributed by atoms with Gasteiger partial charge in [-0.2, -0.15) is 8.78 Å². The second-order valence-corrected chi connectivity index (χ2v) is 10.6. The Balaban J connectivity index is 1.05. The van der Waals surface area contributed by atoms with E-state index in [1.165, 1.54) is 0 Å². The number of nitrogens with zero attached hydrogens (tertiary/aromatic N) is 8. The molecule has 0 radical (unpaired) electrons. The fraction of sp³-hybridized carbons (Fsp3) is 0.333. The molecule has 0 bridgehead atoms. The van der Waals surface area contributed by atoms with Crippen molar-refractivity contribution in [2.45, 2.75) is 25.1 Å². The van der Waals surface area contributed by atoms with E-state index in [2.05, 4.69) is 30.3 Å². The lowest BCUT2D eigenvalue weighted by molar-refractivity contribution is 0.0385. The molecule has 0 spiro atoms. The summed E-state index contributed by atoms with van der Waals surface area (Å²) < 4.78 is 43.8. The van der Waals surface area contributed by atoms with Crippen LogP contribution < -0.4 is 4.74 Å². The van der Waals surface area contributed by atoms with Gasteiger partial charge in [0.05, 0.1) is 19.3 Å². The number of benzene rings is 2. The lowest BCUT2D eigenvalue weighted by Gasteiger charge is -2.38. The number of pyridine rings is 1. The fourth-order valence-electron chi connectivity index (χ4n) is 5.51. The Morgan fingerprint density at radius 3 is 2.61 bits per heavy atom. The molecule has 2 fully saturated rings. The average molecular weight is 603 g/mol. The second-order valence-electron chi connectivity index (χ2n) is 10.6. The van der Waals surface area contributed by atoms with Crippen LogP contribution in [0.5, 0.6) is 5.75 Å². The first-order valence-corrected chi connectivity index (χ1v) is 14.3. The van der Waals surface area contributed by atoms with Crippen molar-refractivity contribution in [1.82, 2.24) is 40.0 Å². The Morgan fingerprint density at radius 1 is 1.02 bits per heavy atom. The summed E-state index contributed by atoms with van der Waals surface area (Å²) in [5.74, 6) is 1.01. The smallest absolute Gasteiger partial charge is 0.350 e. The van der Waals surface area contributed by atoms with Crippen molar-refractivity contribution in [2.24, 2.45) is 0 Å². The monoisotopic (exact) mass is 602 g/mol. The molecule has 5 aromatic rings. The highest BCUT2D eigenvalue weighted by atomic mass is 19.3. The molecule has 1 amide bonds. The number of alkyl halides is 2. The zero-order valence-electron chi connectivity index (χ0n) is 23.5. The predicted octanol–water partition coefficient (Wildman–Crippen LogP) is 3.99. The Hall–Kier alpha value is -4.82. The van der Waals surface area contributed by atoms with Gasteiger partial charge in [-0.1, -0.05) is 35.1 Å². The second kappa shape index (κ2) is 12.1. The minimum atomic E-state index is -2.89. The molecule has 2 aromatic carbocycles. The molecule has 14 heteroatoms. The van der Waals surface area contributed by atoms with Crippen LogP contribution in [0.1, 0.15) is 40.9 Å². The highest BCUT2D eigenvalue weighted by Gasteiger charge is 2.32. The fourth-order valence-corrected chi connectivity index (χ4v) is 5.51. The predicted molar refractivity (Wildman–Crippen MR) is 152 cm³/mol. The Morgan fingerprint density at radius 2 is 1.86 bits per heavy atom. The van der Waals surface area contributed by atoms with Crippen molar-refractivity contribution >= 4 is 17.0 Å². The topological polar surface area (TPSA) is 125 Å². The van der Waals surface area contributed by atoms with Crippen LogP contribution in [0, 0.1) is 0 Å². The van der Waals surface area contributed by atoms with Crippen LogP contribution in [0.4, 0.5) is 8.78 Å². The highest BCUT2D eigenvalue weighted by Crippen LogP contribution is 2.30. The maximum atomic E-state index is 13.5. The van der Waals surface area contributed by atoms with Gasteiger partial charge in [0.25, 0.3) is 5.91 Å². The van der Waals surface area contributed by atoms with E-state index < -0.39 is 12.6 Å². The van der Waals surface area contributed by atoms with E-state index in [1.807, 2.05) is 48.5 Å². The quantitative estimate of drug-likeness (QED) is 0.258. The zero-order valence-corrected chi connectivity index (χ0v) is 23.5. The summed E-state index contributed by atoms with van der Waals surface area (Å²) in [6.45, 7) is 0.107. The summed E-state index contributed by atoms with van der Waals surface area (Å²) >= 11 is 0. The average Bonchev–Trinajstić information content (AvgIpc) is 3.84. The number of tetrazole rings is 1. The maximum Gasteiger partial charge on any atom is 0.350 e. The van der Waals surface area contributed by atoms with Crippen molar-refractivity contribution < 1.29 is 27.5 Å². The van der Waals surface area contributed by atoms with Crippen molar-refractivity contribution in [1.29, 1.82) is 0 Å². The molecule has 2 atom stereocenters. The maximum absolute atomic E-state index is 13.5. The molecule has 7 rings (SSSR count). The first kappa shape index (κ1) is 28.0. The van der Waals surface area contributed by atoms with Gasteiger partial charge in [0.15, 0.2) is 11.4 Å². The van der Waals surface area contributed by atoms with Crippen LogP contribution in [0.3, 0.4) is 0 Å². The van der Waals surface area contributed by atoms with E-state index >= 15 is 0 Å². The van der Waals surface area contributed by atoms with Crippen LogP contribution in [0.2, 0.25) is 0 Å². The Kier molecular flexibility index (Phi) is 7.66. The van der Waals surface area contributed by atoms with E-state index in [0.717, 1.165) is 12.0 Å². The number of amides is 1. The largest absolute Gasteiger partial charge is 0.488 e. The molecule has 5 heterocycles. The van der Waals surface area contributed by atoms with Gasteiger partial charge in [0.2, 0.25) is 5.89 Å². The number of fused-ring (bicyclic) bond motifs is 1. The van der Waals surface area contributed by atoms with Crippen LogP contribution in [-0.4, -0.2) is 91.4 Å². The summed E-state index contributed by atoms with van der Waals surface area (Å²) in [5, 5.41) is 11.4. The van der Waals surface area contributed by atoms with E-state index in [4.69, 9.17) is 13.9 Å². The molecule has 44 heavy (non-hydrogen) atoms. The van der Waals surface area contributed by atoms with E-state index in [9.17, 15) is 13.6 Å². The molecule has 0 saturated carbocycles.